The van der Waals surface area contributed by atoms with Gasteiger partial charge in [0.25, 0.3) is 0 Å². The second kappa shape index (κ2) is 5.40. The van der Waals surface area contributed by atoms with Gasteiger partial charge in [-0.3, -0.25) is 0 Å². The molecule has 0 aliphatic carbocycles. The summed E-state index contributed by atoms with van der Waals surface area (Å²) in [6, 6.07) is 11.1. The molecule has 0 spiro atoms. The molecule has 1 saturated heterocycles. The Morgan fingerprint density at radius 3 is 2.83 bits per heavy atom. The van der Waals surface area contributed by atoms with Crippen LogP contribution in [-0.2, 0) is 0 Å². The summed E-state index contributed by atoms with van der Waals surface area (Å²) in [6.07, 6.45) is 5.80. The van der Waals surface area contributed by atoms with Crippen LogP contribution in [0.15, 0.2) is 42.9 Å². The van der Waals surface area contributed by atoms with Crippen molar-refractivity contribution in [1.82, 2.24) is 15.0 Å². The number of aromatic nitrogens is 3. The number of fused-ring (bicyclic) bond motifs is 2. The minimum atomic E-state index is 0.529. The van der Waals surface area contributed by atoms with Gasteiger partial charge in [0, 0.05) is 25.3 Å². The van der Waals surface area contributed by atoms with Gasteiger partial charge in [0.2, 0.25) is 0 Å². The van der Waals surface area contributed by atoms with Crippen LogP contribution in [-0.4, -0.2) is 34.1 Å². The van der Waals surface area contributed by atoms with E-state index in [1.54, 1.807) is 6.33 Å². The third kappa shape index (κ3) is 2.10. The molecule has 1 aromatic carbocycles. The fraction of sp³-hybridized carbons (Fsp3) is 0.278. The maximum Gasteiger partial charge on any atom is 0.142 e. The summed E-state index contributed by atoms with van der Waals surface area (Å²) in [6.45, 7) is 4.13. The zero-order valence-electron chi connectivity index (χ0n) is 13.3. The number of para-hydroxylation sites is 2. The predicted octanol–water partition coefficient (Wildman–Crippen LogP) is 2.98. The molecule has 121 valence electrons. The van der Waals surface area contributed by atoms with Crippen LogP contribution in [0.3, 0.4) is 0 Å². The molecule has 2 N–H and O–H groups in total. The van der Waals surface area contributed by atoms with Gasteiger partial charge in [-0.2, -0.15) is 0 Å². The van der Waals surface area contributed by atoms with E-state index in [2.05, 4.69) is 67.1 Å². The number of nitrogens with zero attached hydrogens (tertiary/aromatic N) is 4. The van der Waals surface area contributed by atoms with E-state index in [1.807, 2.05) is 6.20 Å². The Hall–Kier alpha value is -2.76. The normalized spacial score (nSPS) is 18.0. The van der Waals surface area contributed by atoms with E-state index in [1.165, 1.54) is 11.4 Å². The molecule has 2 aliphatic heterocycles. The number of anilines is 3. The summed E-state index contributed by atoms with van der Waals surface area (Å²) in [5, 5.41) is 4.48. The van der Waals surface area contributed by atoms with Gasteiger partial charge in [-0.25, -0.2) is 9.97 Å². The standard InChI is InChI=1S/C18H19N6/c1-2-4-16-15(3-1)22-12-24(16)13-6-9-23(10-7-13)18-14-5-8-19-17(14)20-11-21-18/h1-5,8,11-13,22H,6-7,9-10H2,(H,19,20,21). The predicted molar refractivity (Wildman–Crippen MR) is 96.0 cm³/mol. The van der Waals surface area contributed by atoms with Crippen molar-refractivity contribution in [2.75, 3.05) is 28.2 Å². The highest BCUT2D eigenvalue weighted by molar-refractivity contribution is 5.87. The molecule has 2 aromatic heterocycles. The first-order valence-electron chi connectivity index (χ1n) is 8.40. The van der Waals surface area contributed by atoms with Crippen LogP contribution >= 0.6 is 0 Å². The molecule has 0 unspecified atom stereocenters. The third-order valence-corrected chi connectivity index (χ3v) is 5.03. The molecule has 24 heavy (non-hydrogen) atoms. The van der Waals surface area contributed by atoms with E-state index >= 15 is 0 Å². The maximum absolute atomic E-state index is 4.52. The summed E-state index contributed by atoms with van der Waals surface area (Å²) in [5.41, 5.74) is 3.39. The second-order valence-electron chi connectivity index (χ2n) is 6.35. The lowest BCUT2D eigenvalue weighted by Gasteiger charge is -2.37. The Bertz CT molecular complexity index is 865. The van der Waals surface area contributed by atoms with Crippen molar-refractivity contribution in [3.63, 3.8) is 0 Å². The summed E-state index contributed by atoms with van der Waals surface area (Å²) in [5.74, 6) is 1.05. The molecule has 1 fully saturated rings. The Kier molecular flexibility index (Phi) is 3.07. The van der Waals surface area contributed by atoms with Crippen molar-refractivity contribution >= 4 is 28.2 Å². The van der Waals surface area contributed by atoms with E-state index in [4.69, 9.17) is 0 Å². The Balaban J connectivity index is 1.34. The van der Waals surface area contributed by atoms with Crippen molar-refractivity contribution in [1.29, 1.82) is 0 Å². The quantitative estimate of drug-likeness (QED) is 0.760. The zero-order chi connectivity index (χ0) is 15.9. The fourth-order valence-electron chi connectivity index (χ4n) is 3.80. The molecule has 5 rings (SSSR count). The summed E-state index contributed by atoms with van der Waals surface area (Å²) in [4.78, 5) is 16.7. The van der Waals surface area contributed by atoms with Gasteiger partial charge < -0.3 is 20.1 Å². The number of piperidine rings is 1. The van der Waals surface area contributed by atoms with Gasteiger partial charge in [0.1, 0.15) is 24.5 Å². The van der Waals surface area contributed by atoms with Crippen molar-refractivity contribution in [3.05, 3.63) is 49.5 Å². The average molecular weight is 319 g/mol. The molecule has 0 atom stereocenters. The maximum atomic E-state index is 4.52. The zero-order valence-corrected chi connectivity index (χ0v) is 13.3. The van der Waals surface area contributed by atoms with Gasteiger partial charge in [-0.15, -0.1) is 0 Å². The molecule has 2 aliphatic rings. The van der Waals surface area contributed by atoms with Crippen molar-refractivity contribution in [2.45, 2.75) is 18.9 Å². The van der Waals surface area contributed by atoms with Crippen LogP contribution in [0.4, 0.5) is 17.2 Å². The molecule has 6 heteroatoms. The lowest BCUT2D eigenvalue weighted by atomic mass is 10.0. The number of nitrogens with one attached hydrogen (secondary N) is 2. The lowest BCUT2D eigenvalue weighted by molar-refractivity contribution is 0.485. The van der Waals surface area contributed by atoms with Crippen molar-refractivity contribution < 1.29 is 0 Å². The number of rotatable bonds is 2. The van der Waals surface area contributed by atoms with Crippen LogP contribution in [0.1, 0.15) is 12.8 Å². The smallest absolute Gasteiger partial charge is 0.142 e. The van der Waals surface area contributed by atoms with Crippen LogP contribution in [0.2, 0.25) is 0 Å². The van der Waals surface area contributed by atoms with Crippen LogP contribution in [0.25, 0.3) is 11.0 Å². The molecular weight excluding hydrogens is 300 g/mol. The summed E-state index contributed by atoms with van der Waals surface area (Å²) < 4.78 is 0. The highest BCUT2D eigenvalue weighted by Gasteiger charge is 2.30. The molecular formula is C18H19N6. The number of hydrogen-bond donors (Lipinski definition) is 2. The number of H-pyrrole nitrogens is 1. The first-order valence-corrected chi connectivity index (χ1v) is 8.40. The topological polar surface area (TPSA) is 60.1 Å². The summed E-state index contributed by atoms with van der Waals surface area (Å²) >= 11 is 0. The first-order chi connectivity index (χ1) is 11.9. The van der Waals surface area contributed by atoms with Gasteiger partial charge in [-0.1, -0.05) is 12.1 Å². The third-order valence-electron chi connectivity index (χ3n) is 5.03. The lowest BCUT2D eigenvalue weighted by Crippen LogP contribution is -2.44. The monoisotopic (exact) mass is 319 g/mol. The highest BCUT2D eigenvalue weighted by Crippen LogP contribution is 2.37. The van der Waals surface area contributed by atoms with Crippen LogP contribution in [0.5, 0.6) is 0 Å². The van der Waals surface area contributed by atoms with E-state index in [-0.39, 0.29) is 0 Å². The van der Waals surface area contributed by atoms with Gasteiger partial charge >= 0.3 is 0 Å². The molecule has 1 radical (unpaired) electrons. The van der Waals surface area contributed by atoms with Crippen molar-refractivity contribution in [2.24, 2.45) is 0 Å². The second-order valence-corrected chi connectivity index (χ2v) is 6.35. The van der Waals surface area contributed by atoms with Gasteiger partial charge in [0.05, 0.1) is 16.8 Å². The fourth-order valence-corrected chi connectivity index (χ4v) is 3.80. The minimum Gasteiger partial charge on any atom is -0.360 e. The van der Waals surface area contributed by atoms with Gasteiger partial charge in [0.15, 0.2) is 0 Å². The van der Waals surface area contributed by atoms with E-state index < -0.39 is 0 Å². The highest BCUT2D eigenvalue weighted by atomic mass is 15.3. The number of aromatic amines is 1. The Labute approximate surface area is 140 Å². The minimum absolute atomic E-state index is 0.529. The molecule has 0 bridgehead atoms. The van der Waals surface area contributed by atoms with E-state index in [9.17, 15) is 0 Å². The summed E-state index contributed by atoms with van der Waals surface area (Å²) in [7, 11) is 0. The van der Waals surface area contributed by atoms with Crippen LogP contribution in [0, 0.1) is 6.67 Å². The molecule has 3 aromatic rings. The van der Waals surface area contributed by atoms with Gasteiger partial charge in [-0.05, 0) is 31.0 Å². The number of hydrogen-bond acceptors (Lipinski definition) is 5. The molecule has 0 saturated carbocycles. The average Bonchev–Trinajstić information content (AvgIpc) is 3.28. The molecule has 4 heterocycles. The van der Waals surface area contributed by atoms with E-state index in [0.717, 1.165) is 42.8 Å². The molecule has 6 nitrogen and oxygen atoms in total. The first kappa shape index (κ1) is 13.7. The number of benzene rings is 1. The Morgan fingerprint density at radius 2 is 1.92 bits per heavy atom. The van der Waals surface area contributed by atoms with E-state index in [0.29, 0.717) is 6.04 Å². The van der Waals surface area contributed by atoms with Crippen LogP contribution < -0.4 is 15.1 Å². The molecule has 0 amide bonds. The Morgan fingerprint density at radius 1 is 1.04 bits per heavy atom. The largest absolute Gasteiger partial charge is 0.360 e. The SMILES string of the molecule is [CH]1Nc2ccccc2N1C1CCN(c2ncnc3[nH]ccc23)CC1. The van der Waals surface area contributed by atoms with Crippen molar-refractivity contribution in [3.8, 4) is 0 Å².